The molecule has 0 spiro atoms. The predicted octanol–water partition coefficient (Wildman–Crippen LogP) is 3.78. The lowest BCUT2D eigenvalue weighted by Gasteiger charge is -2.25. The molecule has 1 amide bonds. The first kappa shape index (κ1) is 17.1. The van der Waals surface area contributed by atoms with Crippen molar-refractivity contribution in [2.75, 3.05) is 20.1 Å². The van der Waals surface area contributed by atoms with Crippen LogP contribution >= 0.6 is 11.6 Å². The molecule has 22 heavy (non-hydrogen) atoms. The van der Waals surface area contributed by atoms with Gasteiger partial charge in [-0.15, -0.1) is 0 Å². The van der Waals surface area contributed by atoms with Gasteiger partial charge >= 0.3 is 6.09 Å². The number of hydrogen-bond donors (Lipinski definition) is 1. The van der Waals surface area contributed by atoms with Gasteiger partial charge in [0.25, 0.3) is 0 Å². The number of likely N-dealkylation sites (N-methyl/N-ethyl adjacent to an activating group) is 1. The van der Waals surface area contributed by atoms with Crippen molar-refractivity contribution < 1.29 is 9.53 Å². The summed E-state index contributed by atoms with van der Waals surface area (Å²) in [4.78, 5) is 13.5. The van der Waals surface area contributed by atoms with Gasteiger partial charge in [0.2, 0.25) is 0 Å². The van der Waals surface area contributed by atoms with Crippen molar-refractivity contribution in [2.45, 2.75) is 45.3 Å². The van der Waals surface area contributed by atoms with E-state index in [2.05, 4.69) is 11.4 Å². The van der Waals surface area contributed by atoms with Crippen LogP contribution in [0.1, 0.15) is 44.4 Å². The van der Waals surface area contributed by atoms with Crippen LogP contribution in [0.4, 0.5) is 4.79 Å². The number of amides is 1. The normalized spacial score (nSPS) is 17.2. The SMILES string of the molecule is CN(CCNC1CCc2cc(Cl)ccc21)C(=O)OC(C)(C)C. The van der Waals surface area contributed by atoms with E-state index in [0.717, 1.165) is 24.4 Å². The second-order valence-corrected chi connectivity index (χ2v) is 7.23. The Hall–Kier alpha value is -1.26. The Balaban J connectivity index is 1.80. The molecule has 0 bridgehead atoms. The molecule has 1 aliphatic carbocycles. The first-order valence-electron chi connectivity index (χ1n) is 7.72. The van der Waals surface area contributed by atoms with Crippen LogP contribution in [0.5, 0.6) is 0 Å². The molecule has 1 aromatic carbocycles. The van der Waals surface area contributed by atoms with E-state index in [1.807, 2.05) is 32.9 Å². The van der Waals surface area contributed by atoms with E-state index >= 15 is 0 Å². The van der Waals surface area contributed by atoms with Crippen molar-refractivity contribution in [1.29, 1.82) is 0 Å². The van der Waals surface area contributed by atoms with E-state index in [4.69, 9.17) is 16.3 Å². The third-order valence-electron chi connectivity index (χ3n) is 3.73. The molecule has 0 saturated carbocycles. The minimum absolute atomic E-state index is 0.284. The number of fused-ring (bicyclic) bond motifs is 1. The van der Waals surface area contributed by atoms with E-state index in [1.54, 1.807) is 11.9 Å². The van der Waals surface area contributed by atoms with Gasteiger partial charge < -0.3 is 15.0 Å². The number of hydrogen-bond acceptors (Lipinski definition) is 3. The Morgan fingerprint density at radius 3 is 2.86 bits per heavy atom. The molecule has 1 atom stereocenters. The summed E-state index contributed by atoms with van der Waals surface area (Å²) < 4.78 is 5.34. The summed E-state index contributed by atoms with van der Waals surface area (Å²) in [6.07, 6.45) is 1.84. The summed E-state index contributed by atoms with van der Waals surface area (Å²) in [6, 6.07) is 6.43. The van der Waals surface area contributed by atoms with Crippen LogP contribution in [0.3, 0.4) is 0 Å². The van der Waals surface area contributed by atoms with Gasteiger partial charge in [0.15, 0.2) is 0 Å². The van der Waals surface area contributed by atoms with Crippen LogP contribution < -0.4 is 5.32 Å². The van der Waals surface area contributed by atoms with Crippen LogP contribution in [0.15, 0.2) is 18.2 Å². The molecule has 5 heteroatoms. The lowest BCUT2D eigenvalue weighted by atomic mass is 10.1. The van der Waals surface area contributed by atoms with Gasteiger partial charge in [0, 0.05) is 31.2 Å². The Bertz CT molecular complexity index is 540. The number of rotatable bonds is 4. The van der Waals surface area contributed by atoms with E-state index in [1.165, 1.54) is 11.1 Å². The zero-order valence-electron chi connectivity index (χ0n) is 13.8. The quantitative estimate of drug-likeness (QED) is 0.916. The monoisotopic (exact) mass is 324 g/mol. The van der Waals surface area contributed by atoms with Crippen LogP contribution in [-0.4, -0.2) is 36.7 Å². The molecule has 0 heterocycles. The van der Waals surface area contributed by atoms with Gasteiger partial charge in [-0.05, 0) is 56.9 Å². The second kappa shape index (κ2) is 6.88. The summed E-state index contributed by atoms with van der Waals surface area (Å²) in [6.45, 7) is 6.98. The molecule has 0 radical (unpaired) electrons. The highest BCUT2D eigenvalue weighted by molar-refractivity contribution is 6.30. The number of carbonyl (C=O) groups excluding carboxylic acids is 1. The first-order valence-corrected chi connectivity index (χ1v) is 8.10. The van der Waals surface area contributed by atoms with Gasteiger partial charge in [0.1, 0.15) is 5.60 Å². The molecular weight excluding hydrogens is 300 g/mol. The van der Waals surface area contributed by atoms with Crippen LogP contribution in [0.2, 0.25) is 5.02 Å². The highest BCUT2D eigenvalue weighted by Gasteiger charge is 2.23. The standard InChI is InChI=1S/C17H25ClN2O2/c1-17(2,3)22-16(21)20(4)10-9-19-15-8-5-12-11-13(18)6-7-14(12)15/h6-7,11,15,19H,5,8-10H2,1-4H3. The topological polar surface area (TPSA) is 41.6 Å². The van der Waals surface area contributed by atoms with E-state index in [-0.39, 0.29) is 6.09 Å². The van der Waals surface area contributed by atoms with Crippen LogP contribution in [0.25, 0.3) is 0 Å². The summed E-state index contributed by atoms with van der Waals surface area (Å²) in [5.41, 5.74) is 2.19. The molecule has 2 rings (SSSR count). The average Bonchev–Trinajstić information content (AvgIpc) is 2.79. The van der Waals surface area contributed by atoms with Gasteiger partial charge in [-0.25, -0.2) is 4.79 Å². The van der Waals surface area contributed by atoms with E-state index in [9.17, 15) is 4.79 Å². The molecule has 0 fully saturated rings. The fourth-order valence-corrected chi connectivity index (χ4v) is 2.83. The molecule has 1 N–H and O–H groups in total. The molecule has 1 unspecified atom stereocenters. The maximum absolute atomic E-state index is 11.9. The Labute approximate surface area is 137 Å². The molecule has 1 aromatic rings. The summed E-state index contributed by atoms with van der Waals surface area (Å²) >= 11 is 6.03. The van der Waals surface area contributed by atoms with Crippen molar-refractivity contribution in [3.05, 3.63) is 34.3 Å². The molecule has 0 aliphatic heterocycles. The zero-order chi connectivity index (χ0) is 16.3. The number of ether oxygens (including phenoxy) is 1. The van der Waals surface area contributed by atoms with Crippen LogP contribution in [0, 0.1) is 0 Å². The third kappa shape index (κ3) is 4.62. The van der Waals surface area contributed by atoms with Gasteiger partial charge in [-0.2, -0.15) is 0 Å². The molecule has 1 aliphatic rings. The Kier molecular flexibility index (Phi) is 5.35. The van der Waals surface area contributed by atoms with Crippen molar-refractivity contribution in [3.63, 3.8) is 0 Å². The third-order valence-corrected chi connectivity index (χ3v) is 3.96. The van der Waals surface area contributed by atoms with Gasteiger partial charge in [-0.1, -0.05) is 17.7 Å². The number of nitrogens with one attached hydrogen (secondary N) is 1. The zero-order valence-corrected chi connectivity index (χ0v) is 14.5. The van der Waals surface area contributed by atoms with E-state index < -0.39 is 5.60 Å². The smallest absolute Gasteiger partial charge is 0.410 e. The number of carbonyl (C=O) groups is 1. The average molecular weight is 325 g/mol. The van der Waals surface area contributed by atoms with Crippen molar-refractivity contribution in [2.24, 2.45) is 0 Å². The maximum Gasteiger partial charge on any atom is 0.410 e. The fourth-order valence-electron chi connectivity index (χ4n) is 2.64. The van der Waals surface area contributed by atoms with Gasteiger partial charge in [-0.3, -0.25) is 0 Å². The van der Waals surface area contributed by atoms with E-state index in [0.29, 0.717) is 12.6 Å². The summed E-state index contributed by atoms with van der Waals surface area (Å²) in [5, 5.41) is 4.31. The Morgan fingerprint density at radius 1 is 1.45 bits per heavy atom. The van der Waals surface area contributed by atoms with Crippen molar-refractivity contribution in [1.82, 2.24) is 10.2 Å². The largest absolute Gasteiger partial charge is 0.444 e. The minimum atomic E-state index is -0.456. The highest BCUT2D eigenvalue weighted by Crippen LogP contribution is 2.32. The highest BCUT2D eigenvalue weighted by atomic mass is 35.5. The summed E-state index contributed by atoms with van der Waals surface area (Å²) in [7, 11) is 1.76. The first-order chi connectivity index (χ1) is 10.3. The molecule has 122 valence electrons. The van der Waals surface area contributed by atoms with Crippen molar-refractivity contribution in [3.8, 4) is 0 Å². The number of benzene rings is 1. The molecule has 0 aromatic heterocycles. The Morgan fingerprint density at radius 2 is 2.18 bits per heavy atom. The number of nitrogens with zero attached hydrogens (tertiary/aromatic N) is 1. The fraction of sp³-hybridized carbons (Fsp3) is 0.588. The second-order valence-electron chi connectivity index (χ2n) is 6.79. The lowest BCUT2D eigenvalue weighted by Crippen LogP contribution is -2.38. The van der Waals surface area contributed by atoms with Crippen molar-refractivity contribution >= 4 is 17.7 Å². The lowest BCUT2D eigenvalue weighted by molar-refractivity contribution is 0.0299. The number of halogens is 1. The predicted molar refractivity (Wildman–Crippen MR) is 89.4 cm³/mol. The molecule has 0 saturated heterocycles. The summed E-state index contributed by atoms with van der Waals surface area (Å²) in [5.74, 6) is 0. The van der Waals surface area contributed by atoms with Gasteiger partial charge in [0.05, 0.1) is 0 Å². The molecular formula is C17H25ClN2O2. The number of aryl methyl sites for hydroxylation is 1. The molecule has 4 nitrogen and oxygen atoms in total. The maximum atomic E-state index is 11.9. The minimum Gasteiger partial charge on any atom is -0.444 e. The van der Waals surface area contributed by atoms with Crippen LogP contribution in [-0.2, 0) is 11.2 Å².